The van der Waals surface area contributed by atoms with E-state index in [2.05, 4.69) is 0 Å². The maximum absolute atomic E-state index is 11.8. The first-order valence-corrected chi connectivity index (χ1v) is 5.47. The highest BCUT2D eigenvalue weighted by molar-refractivity contribution is 5.82. The Kier molecular flexibility index (Phi) is 3.31. The first kappa shape index (κ1) is 13.0. The Labute approximate surface area is 96.3 Å². The molecule has 2 atom stereocenters. The minimum atomic E-state index is -0.611. The standard InChI is InChI=1S/C12H20O4/c1-11(2)8(9(13)15-4)6-7-12(11,3)10(14)16-5/h8H,6-7H2,1-5H3. The summed E-state index contributed by atoms with van der Waals surface area (Å²) in [4.78, 5) is 23.5. The van der Waals surface area contributed by atoms with Gasteiger partial charge in [0, 0.05) is 0 Å². The molecule has 2 unspecified atom stereocenters. The number of ether oxygens (including phenoxy) is 2. The lowest BCUT2D eigenvalue weighted by molar-refractivity contribution is -0.161. The molecule has 0 bridgehead atoms. The molecule has 16 heavy (non-hydrogen) atoms. The van der Waals surface area contributed by atoms with Gasteiger partial charge >= 0.3 is 11.9 Å². The van der Waals surface area contributed by atoms with Crippen LogP contribution in [0.4, 0.5) is 0 Å². The summed E-state index contributed by atoms with van der Waals surface area (Å²) in [6, 6.07) is 0. The van der Waals surface area contributed by atoms with Crippen molar-refractivity contribution in [3.8, 4) is 0 Å². The van der Waals surface area contributed by atoms with Crippen LogP contribution in [0.1, 0.15) is 33.6 Å². The van der Waals surface area contributed by atoms with Crippen LogP contribution in [0.2, 0.25) is 0 Å². The van der Waals surface area contributed by atoms with Gasteiger partial charge in [-0.3, -0.25) is 9.59 Å². The molecule has 1 rings (SSSR count). The van der Waals surface area contributed by atoms with Crippen molar-refractivity contribution in [1.82, 2.24) is 0 Å². The van der Waals surface area contributed by atoms with Gasteiger partial charge in [-0.2, -0.15) is 0 Å². The highest BCUT2D eigenvalue weighted by Gasteiger charge is 2.59. The molecule has 1 fully saturated rings. The fourth-order valence-electron chi connectivity index (χ4n) is 2.65. The number of methoxy groups -OCH3 is 2. The normalized spacial score (nSPS) is 32.2. The Bertz CT molecular complexity index is 308. The van der Waals surface area contributed by atoms with Gasteiger partial charge in [-0.05, 0) is 25.2 Å². The van der Waals surface area contributed by atoms with Crippen molar-refractivity contribution in [3.63, 3.8) is 0 Å². The van der Waals surface area contributed by atoms with E-state index in [1.54, 1.807) is 0 Å². The molecule has 0 saturated heterocycles. The fourth-order valence-corrected chi connectivity index (χ4v) is 2.65. The summed E-state index contributed by atoms with van der Waals surface area (Å²) in [7, 11) is 2.77. The molecule has 0 aromatic carbocycles. The highest BCUT2D eigenvalue weighted by atomic mass is 16.5. The topological polar surface area (TPSA) is 52.6 Å². The molecule has 92 valence electrons. The second kappa shape index (κ2) is 4.07. The molecule has 1 saturated carbocycles. The summed E-state index contributed by atoms with van der Waals surface area (Å²) in [6.07, 6.45) is 1.33. The molecular weight excluding hydrogens is 208 g/mol. The average molecular weight is 228 g/mol. The molecule has 0 N–H and O–H groups in total. The van der Waals surface area contributed by atoms with E-state index in [1.807, 2.05) is 20.8 Å². The van der Waals surface area contributed by atoms with Gasteiger partial charge in [-0.25, -0.2) is 0 Å². The zero-order valence-corrected chi connectivity index (χ0v) is 10.6. The van der Waals surface area contributed by atoms with E-state index in [4.69, 9.17) is 9.47 Å². The summed E-state index contributed by atoms with van der Waals surface area (Å²) in [6.45, 7) is 5.72. The van der Waals surface area contributed by atoms with Crippen molar-refractivity contribution >= 4 is 11.9 Å². The van der Waals surface area contributed by atoms with Gasteiger partial charge in [-0.15, -0.1) is 0 Å². The first-order chi connectivity index (χ1) is 7.31. The van der Waals surface area contributed by atoms with E-state index in [0.29, 0.717) is 12.8 Å². The van der Waals surface area contributed by atoms with Gasteiger partial charge in [-0.1, -0.05) is 13.8 Å². The summed E-state index contributed by atoms with van der Waals surface area (Å²) in [5.74, 6) is -0.719. The second-order valence-corrected chi connectivity index (χ2v) is 5.16. The summed E-state index contributed by atoms with van der Waals surface area (Å²) in [5, 5.41) is 0. The maximum atomic E-state index is 11.8. The predicted molar refractivity (Wildman–Crippen MR) is 58.6 cm³/mol. The van der Waals surface area contributed by atoms with Gasteiger partial charge < -0.3 is 9.47 Å². The summed E-state index contributed by atoms with van der Waals surface area (Å²) in [5.41, 5.74) is -1.05. The highest BCUT2D eigenvalue weighted by Crippen LogP contribution is 2.56. The fraction of sp³-hybridized carbons (Fsp3) is 0.833. The number of hydrogen-bond donors (Lipinski definition) is 0. The maximum Gasteiger partial charge on any atom is 0.312 e. The van der Waals surface area contributed by atoms with E-state index >= 15 is 0 Å². The molecule has 0 aromatic rings. The summed E-state index contributed by atoms with van der Waals surface area (Å²) < 4.78 is 9.63. The lowest BCUT2D eigenvalue weighted by Crippen LogP contribution is -2.43. The molecule has 0 aliphatic heterocycles. The molecule has 0 aromatic heterocycles. The molecule has 4 heteroatoms. The zero-order chi connectivity index (χ0) is 12.6. The van der Waals surface area contributed by atoms with Crippen LogP contribution in [-0.2, 0) is 19.1 Å². The van der Waals surface area contributed by atoms with Gasteiger partial charge in [0.1, 0.15) is 0 Å². The van der Waals surface area contributed by atoms with E-state index in [9.17, 15) is 9.59 Å². The van der Waals surface area contributed by atoms with Crippen LogP contribution >= 0.6 is 0 Å². The SMILES string of the molecule is COC(=O)C1CCC(C)(C(=O)OC)C1(C)C. The van der Waals surface area contributed by atoms with Crippen LogP contribution in [0.5, 0.6) is 0 Å². The van der Waals surface area contributed by atoms with Crippen molar-refractivity contribution in [2.24, 2.45) is 16.7 Å². The van der Waals surface area contributed by atoms with Gasteiger partial charge in [0.05, 0.1) is 25.6 Å². The van der Waals surface area contributed by atoms with Crippen LogP contribution in [0.15, 0.2) is 0 Å². The molecule has 0 amide bonds. The largest absolute Gasteiger partial charge is 0.469 e. The Balaban J connectivity index is 3.03. The predicted octanol–water partition coefficient (Wildman–Crippen LogP) is 1.77. The smallest absolute Gasteiger partial charge is 0.312 e. The molecule has 0 radical (unpaired) electrons. The minimum Gasteiger partial charge on any atom is -0.469 e. The van der Waals surface area contributed by atoms with Crippen LogP contribution in [-0.4, -0.2) is 26.2 Å². The van der Waals surface area contributed by atoms with Gasteiger partial charge in [0.2, 0.25) is 0 Å². The van der Waals surface area contributed by atoms with Gasteiger partial charge in [0.15, 0.2) is 0 Å². The molecule has 1 aliphatic carbocycles. The lowest BCUT2D eigenvalue weighted by atomic mass is 9.65. The lowest BCUT2D eigenvalue weighted by Gasteiger charge is -2.38. The van der Waals surface area contributed by atoms with Gasteiger partial charge in [0.25, 0.3) is 0 Å². The number of hydrogen-bond acceptors (Lipinski definition) is 4. The number of carbonyl (C=O) groups excluding carboxylic acids is 2. The van der Waals surface area contributed by atoms with Crippen LogP contribution in [0.25, 0.3) is 0 Å². The quantitative estimate of drug-likeness (QED) is 0.676. The first-order valence-electron chi connectivity index (χ1n) is 5.47. The van der Waals surface area contributed by atoms with Crippen LogP contribution in [0, 0.1) is 16.7 Å². The third-order valence-electron chi connectivity index (χ3n) is 4.35. The Morgan fingerprint density at radius 1 is 1.12 bits per heavy atom. The van der Waals surface area contributed by atoms with E-state index < -0.39 is 10.8 Å². The monoisotopic (exact) mass is 228 g/mol. The van der Waals surface area contributed by atoms with E-state index in [1.165, 1.54) is 14.2 Å². The van der Waals surface area contributed by atoms with Crippen molar-refractivity contribution < 1.29 is 19.1 Å². The third-order valence-corrected chi connectivity index (χ3v) is 4.35. The van der Waals surface area contributed by atoms with Crippen molar-refractivity contribution in [2.75, 3.05) is 14.2 Å². The molecule has 4 nitrogen and oxygen atoms in total. The zero-order valence-electron chi connectivity index (χ0n) is 10.6. The van der Waals surface area contributed by atoms with Crippen molar-refractivity contribution in [2.45, 2.75) is 33.6 Å². The number of esters is 2. The molecule has 1 aliphatic rings. The van der Waals surface area contributed by atoms with Crippen LogP contribution < -0.4 is 0 Å². The van der Waals surface area contributed by atoms with Crippen molar-refractivity contribution in [3.05, 3.63) is 0 Å². The third kappa shape index (κ3) is 1.60. The second-order valence-electron chi connectivity index (χ2n) is 5.16. The van der Waals surface area contributed by atoms with E-state index in [0.717, 1.165) is 0 Å². The Hall–Kier alpha value is -1.06. The molecule has 0 heterocycles. The Morgan fingerprint density at radius 2 is 1.69 bits per heavy atom. The summed E-state index contributed by atoms with van der Waals surface area (Å²) >= 11 is 0. The average Bonchev–Trinajstić information content (AvgIpc) is 2.49. The Morgan fingerprint density at radius 3 is 2.12 bits per heavy atom. The molecular formula is C12H20O4. The van der Waals surface area contributed by atoms with E-state index in [-0.39, 0.29) is 17.9 Å². The van der Waals surface area contributed by atoms with Crippen LogP contribution in [0.3, 0.4) is 0 Å². The molecule has 0 spiro atoms. The minimum absolute atomic E-state index is 0.235. The number of rotatable bonds is 2. The number of carbonyl (C=O) groups is 2. The van der Waals surface area contributed by atoms with Crippen molar-refractivity contribution in [1.29, 1.82) is 0 Å².